The van der Waals surface area contributed by atoms with E-state index in [0.717, 1.165) is 12.1 Å². The first-order valence-electron chi connectivity index (χ1n) is 7.28. The lowest BCUT2D eigenvalue weighted by molar-refractivity contribution is -0.115. The summed E-state index contributed by atoms with van der Waals surface area (Å²) in [6.45, 7) is 5.03. The average Bonchev–Trinajstić information content (AvgIpc) is 3.02. The number of nitrogens with one attached hydrogen (secondary N) is 2. The number of hydrogen-bond acceptors (Lipinski definition) is 3. The second kappa shape index (κ2) is 5.63. The highest BCUT2D eigenvalue weighted by atomic mass is 16.2. The van der Waals surface area contributed by atoms with Crippen LogP contribution < -0.4 is 10.6 Å². The fourth-order valence-electron chi connectivity index (χ4n) is 2.46. The van der Waals surface area contributed by atoms with Crippen molar-refractivity contribution in [2.75, 3.05) is 10.6 Å². The van der Waals surface area contributed by atoms with Crippen molar-refractivity contribution in [2.24, 2.45) is 5.92 Å². The van der Waals surface area contributed by atoms with Crippen molar-refractivity contribution >= 4 is 23.2 Å². The van der Waals surface area contributed by atoms with E-state index in [1.54, 1.807) is 18.3 Å². The summed E-state index contributed by atoms with van der Waals surface area (Å²) >= 11 is 0. The Morgan fingerprint density at radius 3 is 3.05 bits per heavy atom. The number of carbonyl (C=O) groups is 2. The van der Waals surface area contributed by atoms with Crippen molar-refractivity contribution in [1.29, 1.82) is 0 Å². The van der Waals surface area contributed by atoms with Gasteiger partial charge in [0.15, 0.2) is 0 Å². The third kappa shape index (κ3) is 3.00. The zero-order chi connectivity index (χ0) is 15.7. The number of rotatable bonds is 4. The predicted molar refractivity (Wildman–Crippen MR) is 83.8 cm³/mol. The van der Waals surface area contributed by atoms with E-state index >= 15 is 0 Å². The molecule has 0 fully saturated rings. The number of hydrogen-bond donors (Lipinski definition) is 2. The van der Waals surface area contributed by atoms with Crippen molar-refractivity contribution < 1.29 is 9.59 Å². The van der Waals surface area contributed by atoms with E-state index in [2.05, 4.69) is 29.6 Å². The molecule has 2 heterocycles. The number of amides is 2. The molecule has 0 saturated carbocycles. The molecule has 0 saturated heterocycles. The zero-order valence-electron chi connectivity index (χ0n) is 12.6. The van der Waals surface area contributed by atoms with Crippen molar-refractivity contribution in [1.82, 2.24) is 9.78 Å². The van der Waals surface area contributed by atoms with Gasteiger partial charge in [-0.25, -0.2) is 0 Å². The fourth-order valence-corrected chi connectivity index (χ4v) is 2.46. The summed E-state index contributed by atoms with van der Waals surface area (Å²) in [7, 11) is 0. The van der Waals surface area contributed by atoms with Gasteiger partial charge < -0.3 is 10.6 Å². The molecule has 1 aromatic carbocycles. The molecule has 22 heavy (non-hydrogen) atoms. The summed E-state index contributed by atoms with van der Waals surface area (Å²) in [5.74, 6) is 0.235. The molecule has 3 rings (SSSR count). The van der Waals surface area contributed by atoms with E-state index < -0.39 is 0 Å². The SMILES string of the molecule is CC(C)Cn1cc(NC(=O)c2ccc3c(c2)NC(=O)C3)cn1. The van der Waals surface area contributed by atoms with Crippen LogP contribution in [0.3, 0.4) is 0 Å². The van der Waals surface area contributed by atoms with E-state index in [9.17, 15) is 9.59 Å². The second-order valence-corrected chi connectivity index (χ2v) is 5.90. The highest BCUT2D eigenvalue weighted by Crippen LogP contribution is 2.24. The molecule has 2 N–H and O–H groups in total. The monoisotopic (exact) mass is 298 g/mol. The number of fused-ring (bicyclic) bond motifs is 1. The maximum atomic E-state index is 12.3. The summed E-state index contributed by atoms with van der Waals surface area (Å²) in [6, 6.07) is 5.24. The molecule has 2 aromatic rings. The van der Waals surface area contributed by atoms with Crippen LogP contribution in [0, 0.1) is 5.92 Å². The molecule has 2 amide bonds. The first-order valence-corrected chi connectivity index (χ1v) is 7.28. The van der Waals surface area contributed by atoms with Crippen LogP contribution in [0.1, 0.15) is 29.8 Å². The Balaban J connectivity index is 1.71. The lowest BCUT2D eigenvalue weighted by Gasteiger charge is -2.05. The Morgan fingerprint density at radius 1 is 1.45 bits per heavy atom. The Bertz CT molecular complexity index is 733. The summed E-state index contributed by atoms with van der Waals surface area (Å²) in [5.41, 5.74) is 2.81. The Labute approximate surface area is 128 Å². The van der Waals surface area contributed by atoms with Gasteiger partial charge in [0.25, 0.3) is 5.91 Å². The zero-order valence-corrected chi connectivity index (χ0v) is 12.6. The first kappa shape index (κ1) is 14.3. The van der Waals surface area contributed by atoms with Crippen LogP contribution >= 0.6 is 0 Å². The lowest BCUT2D eigenvalue weighted by atomic mass is 10.1. The van der Waals surface area contributed by atoms with Crippen LogP contribution in [0.25, 0.3) is 0 Å². The molecule has 0 spiro atoms. The van der Waals surface area contributed by atoms with Crippen molar-refractivity contribution in [3.63, 3.8) is 0 Å². The minimum Gasteiger partial charge on any atom is -0.326 e. The molecule has 1 aromatic heterocycles. The van der Waals surface area contributed by atoms with E-state index in [-0.39, 0.29) is 11.8 Å². The van der Waals surface area contributed by atoms with Crippen LogP contribution in [0.2, 0.25) is 0 Å². The normalized spacial score (nSPS) is 13.1. The van der Waals surface area contributed by atoms with Crippen LogP contribution in [0.5, 0.6) is 0 Å². The maximum Gasteiger partial charge on any atom is 0.255 e. The van der Waals surface area contributed by atoms with Gasteiger partial charge >= 0.3 is 0 Å². The molecule has 1 aliphatic heterocycles. The minimum atomic E-state index is -0.215. The quantitative estimate of drug-likeness (QED) is 0.909. The third-order valence-corrected chi connectivity index (χ3v) is 3.44. The summed E-state index contributed by atoms with van der Waals surface area (Å²) in [6.07, 6.45) is 3.82. The highest BCUT2D eigenvalue weighted by molar-refractivity contribution is 6.06. The fraction of sp³-hybridized carbons (Fsp3) is 0.312. The van der Waals surface area contributed by atoms with E-state index in [1.165, 1.54) is 0 Å². The van der Waals surface area contributed by atoms with Crippen LogP contribution in [-0.2, 0) is 17.8 Å². The van der Waals surface area contributed by atoms with Gasteiger partial charge in [0.1, 0.15) is 0 Å². The Morgan fingerprint density at radius 2 is 2.27 bits per heavy atom. The number of carbonyl (C=O) groups excluding carboxylic acids is 2. The molecular weight excluding hydrogens is 280 g/mol. The van der Waals surface area contributed by atoms with E-state index in [1.807, 2.05) is 16.9 Å². The number of aromatic nitrogens is 2. The highest BCUT2D eigenvalue weighted by Gasteiger charge is 2.19. The first-order chi connectivity index (χ1) is 10.5. The maximum absolute atomic E-state index is 12.3. The molecule has 6 heteroatoms. The Hall–Kier alpha value is -2.63. The molecule has 114 valence electrons. The van der Waals surface area contributed by atoms with Gasteiger partial charge in [0.05, 0.1) is 18.3 Å². The van der Waals surface area contributed by atoms with Gasteiger partial charge in [-0.2, -0.15) is 5.10 Å². The molecule has 0 bridgehead atoms. The summed E-state index contributed by atoms with van der Waals surface area (Å²) in [5, 5.41) is 9.78. The molecule has 0 radical (unpaired) electrons. The molecule has 1 aliphatic rings. The topological polar surface area (TPSA) is 76.0 Å². The van der Waals surface area contributed by atoms with E-state index in [4.69, 9.17) is 0 Å². The van der Waals surface area contributed by atoms with Gasteiger partial charge in [0, 0.05) is 24.0 Å². The molecule has 0 atom stereocenters. The van der Waals surface area contributed by atoms with Gasteiger partial charge in [-0.05, 0) is 23.6 Å². The predicted octanol–water partition coefficient (Wildman–Crippen LogP) is 2.29. The van der Waals surface area contributed by atoms with Crippen LogP contribution in [0.15, 0.2) is 30.6 Å². The van der Waals surface area contributed by atoms with E-state index in [0.29, 0.717) is 29.3 Å². The minimum absolute atomic E-state index is 0.0393. The van der Waals surface area contributed by atoms with Crippen molar-refractivity contribution in [3.05, 3.63) is 41.7 Å². The van der Waals surface area contributed by atoms with Crippen LogP contribution in [-0.4, -0.2) is 21.6 Å². The number of benzene rings is 1. The molecular formula is C16H18N4O2. The van der Waals surface area contributed by atoms with Gasteiger partial charge in [-0.3, -0.25) is 14.3 Å². The summed E-state index contributed by atoms with van der Waals surface area (Å²) in [4.78, 5) is 23.6. The van der Waals surface area contributed by atoms with Crippen molar-refractivity contribution in [2.45, 2.75) is 26.8 Å². The Kier molecular flexibility index (Phi) is 3.66. The average molecular weight is 298 g/mol. The number of anilines is 2. The van der Waals surface area contributed by atoms with Crippen molar-refractivity contribution in [3.8, 4) is 0 Å². The van der Waals surface area contributed by atoms with Gasteiger partial charge in [-0.15, -0.1) is 0 Å². The van der Waals surface area contributed by atoms with Gasteiger partial charge in [0.2, 0.25) is 5.91 Å². The van der Waals surface area contributed by atoms with Gasteiger partial charge in [-0.1, -0.05) is 19.9 Å². The third-order valence-electron chi connectivity index (χ3n) is 3.44. The molecule has 0 aliphatic carbocycles. The number of nitrogens with zero attached hydrogens (tertiary/aromatic N) is 2. The van der Waals surface area contributed by atoms with Crippen LogP contribution in [0.4, 0.5) is 11.4 Å². The smallest absolute Gasteiger partial charge is 0.255 e. The molecule has 6 nitrogen and oxygen atoms in total. The largest absolute Gasteiger partial charge is 0.326 e. The lowest BCUT2D eigenvalue weighted by Crippen LogP contribution is -2.12. The second-order valence-electron chi connectivity index (χ2n) is 5.90. The summed E-state index contributed by atoms with van der Waals surface area (Å²) < 4.78 is 1.81. The molecule has 0 unspecified atom stereocenters. The standard InChI is InChI=1S/C16H18N4O2/c1-10(2)8-20-9-13(7-17-20)18-16(22)12-4-3-11-6-15(21)19-14(11)5-12/h3-5,7,9-10H,6,8H2,1-2H3,(H,18,22)(H,19,21).